The Bertz CT molecular complexity index is 813. The van der Waals surface area contributed by atoms with Crippen LogP contribution in [0.1, 0.15) is 17.2 Å². The van der Waals surface area contributed by atoms with Crippen LogP contribution in [-0.2, 0) is 6.54 Å². The van der Waals surface area contributed by atoms with Crippen molar-refractivity contribution in [3.63, 3.8) is 0 Å². The molecule has 3 aromatic rings. The molecule has 4 heteroatoms. The van der Waals surface area contributed by atoms with Gasteiger partial charge in [0, 0.05) is 6.54 Å². The molecule has 0 fully saturated rings. The highest BCUT2D eigenvalue weighted by atomic mass is 16.3. The van der Waals surface area contributed by atoms with E-state index >= 15 is 0 Å². The second-order valence-corrected chi connectivity index (χ2v) is 5.61. The molecule has 3 aromatic carbocycles. The highest BCUT2D eigenvalue weighted by Gasteiger charge is 2.13. The van der Waals surface area contributed by atoms with E-state index in [9.17, 15) is 9.90 Å². The second kappa shape index (κ2) is 7.62. The number of nitrogens with one attached hydrogen (secondary N) is 2. The zero-order valence-electron chi connectivity index (χ0n) is 13.3. The molecule has 3 rings (SSSR count). The van der Waals surface area contributed by atoms with Gasteiger partial charge in [0.1, 0.15) is 0 Å². The highest BCUT2D eigenvalue weighted by Crippen LogP contribution is 2.18. The normalized spacial score (nSPS) is 11.9. The Balaban J connectivity index is 1.64. The number of hydrogen-bond acceptors (Lipinski definition) is 2. The molecule has 0 saturated carbocycles. The van der Waals surface area contributed by atoms with Crippen LogP contribution in [0.15, 0.2) is 72.8 Å². The number of rotatable bonds is 5. The van der Waals surface area contributed by atoms with Crippen molar-refractivity contribution in [2.75, 3.05) is 6.61 Å². The molecular weight excluding hydrogens is 300 g/mol. The van der Waals surface area contributed by atoms with Gasteiger partial charge >= 0.3 is 6.03 Å². The third-order valence-electron chi connectivity index (χ3n) is 4.01. The third-order valence-corrected chi connectivity index (χ3v) is 4.01. The maximum absolute atomic E-state index is 12.2. The number of benzene rings is 3. The lowest BCUT2D eigenvalue weighted by molar-refractivity contribution is 0.216. The van der Waals surface area contributed by atoms with Crippen molar-refractivity contribution in [3.05, 3.63) is 83.9 Å². The Kier molecular flexibility index (Phi) is 5.08. The van der Waals surface area contributed by atoms with Gasteiger partial charge in [-0.25, -0.2) is 4.79 Å². The van der Waals surface area contributed by atoms with Crippen LogP contribution in [0.5, 0.6) is 0 Å². The lowest BCUT2D eigenvalue weighted by atomic mass is 10.0. The SMILES string of the molecule is O=C(NCc1cccc2ccccc12)N[C@H](CO)c1ccccc1. The van der Waals surface area contributed by atoms with E-state index in [-0.39, 0.29) is 12.6 Å². The Hall–Kier alpha value is -2.85. The van der Waals surface area contributed by atoms with E-state index in [0.717, 1.165) is 21.9 Å². The summed E-state index contributed by atoms with van der Waals surface area (Å²) in [5.74, 6) is 0. The molecule has 0 radical (unpaired) electrons. The van der Waals surface area contributed by atoms with Gasteiger partial charge in [-0.05, 0) is 21.9 Å². The Morgan fingerprint density at radius 2 is 1.62 bits per heavy atom. The summed E-state index contributed by atoms with van der Waals surface area (Å²) in [5, 5.41) is 17.5. The molecular formula is C20H20N2O2. The van der Waals surface area contributed by atoms with Gasteiger partial charge in [-0.2, -0.15) is 0 Å². The van der Waals surface area contributed by atoms with Gasteiger partial charge in [0.2, 0.25) is 0 Å². The molecule has 1 atom stereocenters. The number of amides is 2. The minimum Gasteiger partial charge on any atom is -0.394 e. The summed E-state index contributed by atoms with van der Waals surface area (Å²) in [6.45, 7) is 0.284. The Morgan fingerprint density at radius 1 is 0.917 bits per heavy atom. The summed E-state index contributed by atoms with van der Waals surface area (Å²) in [5.41, 5.74) is 1.93. The average Bonchev–Trinajstić information content (AvgIpc) is 2.65. The molecule has 0 aromatic heterocycles. The van der Waals surface area contributed by atoms with Crippen molar-refractivity contribution < 1.29 is 9.90 Å². The zero-order chi connectivity index (χ0) is 16.8. The van der Waals surface area contributed by atoms with Crippen LogP contribution in [0.4, 0.5) is 4.79 Å². The van der Waals surface area contributed by atoms with Crippen molar-refractivity contribution in [2.45, 2.75) is 12.6 Å². The van der Waals surface area contributed by atoms with Gasteiger partial charge in [-0.15, -0.1) is 0 Å². The second-order valence-electron chi connectivity index (χ2n) is 5.61. The number of carbonyl (C=O) groups excluding carboxylic acids is 1. The number of fused-ring (bicyclic) bond motifs is 1. The summed E-state index contributed by atoms with van der Waals surface area (Å²) >= 11 is 0. The Labute approximate surface area is 141 Å². The van der Waals surface area contributed by atoms with Gasteiger partial charge in [0.15, 0.2) is 0 Å². The predicted octanol–water partition coefficient (Wildman–Crippen LogP) is 3.37. The fourth-order valence-corrected chi connectivity index (χ4v) is 2.75. The third kappa shape index (κ3) is 3.73. The van der Waals surface area contributed by atoms with Gasteiger partial charge < -0.3 is 15.7 Å². The minimum absolute atomic E-state index is 0.147. The van der Waals surface area contributed by atoms with Crippen LogP contribution >= 0.6 is 0 Å². The smallest absolute Gasteiger partial charge is 0.315 e. The molecule has 0 aliphatic rings. The summed E-state index contributed by atoms with van der Waals surface area (Å²) < 4.78 is 0. The molecule has 122 valence electrons. The van der Waals surface area contributed by atoms with E-state index in [1.807, 2.05) is 60.7 Å². The summed E-state index contributed by atoms with van der Waals surface area (Å²) in [4.78, 5) is 12.2. The minimum atomic E-state index is -0.418. The quantitative estimate of drug-likeness (QED) is 0.675. The molecule has 0 heterocycles. The van der Waals surface area contributed by atoms with E-state index in [0.29, 0.717) is 6.54 Å². The first-order valence-electron chi connectivity index (χ1n) is 7.95. The van der Waals surface area contributed by atoms with Crippen molar-refractivity contribution in [2.24, 2.45) is 0 Å². The standard InChI is InChI=1S/C20H20N2O2/c23-14-19(16-8-2-1-3-9-16)22-20(24)21-13-17-11-6-10-15-7-4-5-12-18(15)17/h1-12,19,23H,13-14H2,(H2,21,22,24)/t19-/m1/s1. The van der Waals surface area contributed by atoms with Crippen LogP contribution in [0.25, 0.3) is 10.8 Å². The Morgan fingerprint density at radius 3 is 2.42 bits per heavy atom. The van der Waals surface area contributed by atoms with Crippen molar-refractivity contribution in [3.8, 4) is 0 Å². The molecule has 3 N–H and O–H groups in total. The molecule has 0 spiro atoms. The molecule has 24 heavy (non-hydrogen) atoms. The summed E-state index contributed by atoms with van der Waals surface area (Å²) in [6, 6.07) is 22.8. The molecule has 0 bridgehead atoms. The highest BCUT2D eigenvalue weighted by molar-refractivity contribution is 5.86. The van der Waals surface area contributed by atoms with Crippen molar-refractivity contribution in [1.29, 1.82) is 0 Å². The van der Waals surface area contributed by atoms with E-state index in [1.54, 1.807) is 0 Å². The van der Waals surface area contributed by atoms with Crippen molar-refractivity contribution in [1.82, 2.24) is 10.6 Å². The van der Waals surface area contributed by atoms with Gasteiger partial charge in [-0.3, -0.25) is 0 Å². The van der Waals surface area contributed by atoms with Crippen LogP contribution < -0.4 is 10.6 Å². The molecule has 0 aliphatic heterocycles. The van der Waals surface area contributed by atoms with Gasteiger partial charge in [-0.1, -0.05) is 72.8 Å². The fraction of sp³-hybridized carbons (Fsp3) is 0.150. The van der Waals surface area contributed by atoms with Gasteiger partial charge in [0.05, 0.1) is 12.6 Å². The number of aliphatic hydroxyl groups excluding tert-OH is 1. The van der Waals surface area contributed by atoms with Crippen LogP contribution in [0.2, 0.25) is 0 Å². The largest absolute Gasteiger partial charge is 0.394 e. The topological polar surface area (TPSA) is 61.4 Å². The van der Waals surface area contributed by atoms with Crippen LogP contribution in [0.3, 0.4) is 0 Å². The monoisotopic (exact) mass is 320 g/mol. The van der Waals surface area contributed by atoms with E-state index < -0.39 is 6.04 Å². The van der Waals surface area contributed by atoms with E-state index in [1.165, 1.54) is 0 Å². The first-order chi connectivity index (χ1) is 11.8. The molecule has 2 amide bonds. The fourth-order valence-electron chi connectivity index (χ4n) is 2.75. The molecule has 0 aliphatic carbocycles. The van der Waals surface area contributed by atoms with Crippen molar-refractivity contribution >= 4 is 16.8 Å². The molecule has 0 unspecified atom stereocenters. The number of carbonyl (C=O) groups is 1. The first-order valence-corrected chi connectivity index (χ1v) is 7.95. The predicted molar refractivity (Wildman–Crippen MR) is 95.6 cm³/mol. The number of hydrogen-bond donors (Lipinski definition) is 3. The average molecular weight is 320 g/mol. The lowest BCUT2D eigenvalue weighted by Gasteiger charge is -2.17. The van der Waals surface area contributed by atoms with E-state index in [4.69, 9.17) is 0 Å². The van der Waals surface area contributed by atoms with Crippen LogP contribution in [-0.4, -0.2) is 17.7 Å². The number of urea groups is 1. The molecule has 4 nitrogen and oxygen atoms in total. The molecule has 0 saturated heterocycles. The summed E-state index contributed by atoms with van der Waals surface area (Å²) in [6.07, 6.45) is 0. The lowest BCUT2D eigenvalue weighted by Crippen LogP contribution is -2.38. The summed E-state index contributed by atoms with van der Waals surface area (Å²) in [7, 11) is 0. The first kappa shape index (κ1) is 16.0. The van der Waals surface area contributed by atoms with E-state index in [2.05, 4.69) is 22.8 Å². The number of aliphatic hydroxyl groups is 1. The zero-order valence-corrected chi connectivity index (χ0v) is 13.3. The van der Waals surface area contributed by atoms with Crippen LogP contribution in [0, 0.1) is 0 Å². The maximum atomic E-state index is 12.2. The maximum Gasteiger partial charge on any atom is 0.315 e. The van der Waals surface area contributed by atoms with Gasteiger partial charge in [0.25, 0.3) is 0 Å².